The molecule has 0 bridgehead atoms. The van der Waals surface area contributed by atoms with E-state index in [2.05, 4.69) is 0 Å². The quantitative estimate of drug-likeness (QED) is 0.749. The van der Waals surface area contributed by atoms with Gasteiger partial charge >= 0.3 is 5.97 Å². The SMILES string of the molecule is COC(=O)[C@H]1CN(C(=O)c2ccc(N(C)C)cc2)CC[NH2+]1. The van der Waals surface area contributed by atoms with E-state index in [4.69, 9.17) is 4.74 Å². The second-order valence-corrected chi connectivity index (χ2v) is 5.35. The smallest absolute Gasteiger partial charge is 0.366 e. The minimum absolute atomic E-state index is 0.0395. The predicted molar refractivity (Wildman–Crippen MR) is 79.3 cm³/mol. The zero-order valence-corrected chi connectivity index (χ0v) is 12.7. The lowest BCUT2D eigenvalue weighted by molar-refractivity contribution is -0.685. The van der Waals surface area contributed by atoms with Crippen LogP contribution in [-0.4, -0.2) is 63.7 Å². The molecule has 1 aliphatic heterocycles. The zero-order chi connectivity index (χ0) is 15.4. The summed E-state index contributed by atoms with van der Waals surface area (Å²) in [6, 6.07) is 7.16. The lowest BCUT2D eigenvalue weighted by Crippen LogP contribution is -2.97. The molecule has 0 radical (unpaired) electrons. The maximum absolute atomic E-state index is 12.5. The number of nitrogens with two attached hydrogens (primary N) is 1. The standard InChI is InChI=1S/C15H21N3O3/c1-17(2)12-6-4-11(5-7-12)14(19)18-9-8-16-13(10-18)15(20)21-3/h4-7,13,16H,8-10H2,1-3H3/p+1/t13-/m1/s1. The van der Waals surface area contributed by atoms with Gasteiger partial charge in [0, 0.05) is 25.3 Å². The first-order chi connectivity index (χ1) is 10.0. The van der Waals surface area contributed by atoms with Gasteiger partial charge in [0.05, 0.1) is 26.7 Å². The number of nitrogens with zero attached hydrogens (tertiary/aromatic N) is 2. The Kier molecular flexibility index (Phi) is 4.80. The fourth-order valence-corrected chi connectivity index (χ4v) is 2.43. The van der Waals surface area contributed by atoms with Crippen molar-refractivity contribution < 1.29 is 19.6 Å². The summed E-state index contributed by atoms with van der Waals surface area (Å²) in [7, 11) is 5.29. The van der Waals surface area contributed by atoms with Crippen molar-refractivity contribution in [2.24, 2.45) is 0 Å². The highest BCUT2D eigenvalue weighted by Gasteiger charge is 2.32. The van der Waals surface area contributed by atoms with Crippen molar-refractivity contribution in [3.63, 3.8) is 0 Å². The van der Waals surface area contributed by atoms with Gasteiger partial charge in [0.15, 0.2) is 0 Å². The summed E-state index contributed by atoms with van der Waals surface area (Å²) in [5.74, 6) is -0.322. The van der Waals surface area contributed by atoms with Gasteiger partial charge in [0.1, 0.15) is 0 Å². The lowest BCUT2D eigenvalue weighted by Gasteiger charge is -2.29. The molecule has 1 fully saturated rings. The molecule has 1 aromatic carbocycles. The average Bonchev–Trinajstić information content (AvgIpc) is 2.53. The van der Waals surface area contributed by atoms with E-state index in [0.717, 1.165) is 5.69 Å². The molecule has 0 unspecified atom stereocenters. The van der Waals surface area contributed by atoms with Crippen LogP contribution in [0.2, 0.25) is 0 Å². The van der Waals surface area contributed by atoms with E-state index in [0.29, 0.717) is 25.2 Å². The largest absolute Gasteiger partial charge is 0.465 e. The normalized spacial score (nSPS) is 18.2. The van der Waals surface area contributed by atoms with Gasteiger partial charge in [-0.3, -0.25) is 4.79 Å². The molecule has 0 aromatic heterocycles. The van der Waals surface area contributed by atoms with E-state index in [-0.39, 0.29) is 17.9 Å². The molecule has 2 rings (SSSR count). The molecule has 114 valence electrons. The number of carbonyl (C=O) groups excluding carboxylic acids is 2. The third kappa shape index (κ3) is 3.52. The van der Waals surface area contributed by atoms with E-state index in [1.165, 1.54) is 7.11 Å². The summed E-state index contributed by atoms with van der Waals surface area (Å²) < 4.78 is 4.75. The van der Waals surface area contributed by atoms with Crippen LogP contribution in [0, 0.1) is 0 Å². The topological polar surface area (TPSA) is 66.5 Å². The number of rotatable bonds is 3. The number of esters is 1. The molecule has 0 saturated carbocycles. The summed E-state index contributed by atoms with van der Waals surface area (Å²) in [6.45, 7) is 1.74. The Labute approximate surface area is 124 Å². The van der Waals surface area contributed by atoms with Crippen LogP contribution in [-0.2, 0) is 9.53 Å². The first kappa shape index (κ1) is 15.3. The van der Waals surface area contributed by atoms with Crippen LogP contribution < -0.4 is 10.2 Å². The molecular weight excluding hydrogens is 270 g/mol. The first-order valence-corrected chi connectivity index (χ1v) is 7.00. The highest BCUT2D eigenvalue weighted by molar-refractivity contribution is 5.95. The van der Waals surface area contributed by atoms with Crippen molar-refractivity contribution in [1.29, 1.82) is 0 Å². The van der Waals surface area contributed by atoms with Gasteiger partial charge in [-0.1, -0.05) is 0 Å². The second kappa shape index (κ2) is 6.58. The highest BCUT2D eigenvalue weighted by atomic mass is 16.5. The summed E-state index contributed by atoms with van der Waals surface area (Å²) in [5.41, 5.74) is 1.69. The van der Waals surface area contributed by atoms with Gasteiger partial charge in [-0.15, -0.1) is 0 Å². The van der Waals surface area contributed by atoms with Crippen LogP contribution in [0.1, 0.15) is 10.4 Å². The van der Waals surface area contributed by atoms with E-state index >= 15 is 0 Å². The van der Waals surface area contributed by atoms with Crippen LogP contribution >= 0.6 is 0 Å². The summed E-state index contributed by atoms with van der Waals surface area (Å²) in [4.78, 5) is 27.8. The van der Waals surface area contributed by atoms with E-state index < -0.39 is 0 Å². The number of methoxy groups -OCH3 is 1. The number of carbonyl (C=O) groups is 2. The second-order valence-electron chi connectivity index (χ2n) is 5.35. The Hall–Kier alpha value is -2.08. The van der Waals surface area contributed by atoms with Crippen molar-refractivity contribution in [1.82, 2.24) is 4.90 Å². The number of quaternary nitrogens is 1. The Morgan fingerprint density at radius 3 is 2.52 bits per heavy atom. The average molecular weight is 292 g/mol. The van der Waals surface area contributed by atoms with Crippen molar-refractivity contribution in [3.8, 4) is 0 Å². The Morgan fingerprint density at radius 1 is 1.29 bits per heavy atom. The van der Waals surface area contributed by atoms with Crippen LogP contribution in [0.4, 0.5) is 5.69 Å². The fourth-order valence-electron chi connectivity index (χ4n) is 2.43. The molecule has 21 heavy (non-hydrogen) atoms. The summed E-state index contributed by atoms with van der Waals surface area (Å²) in [5, 5.41) is 1.92. The van der Waals surface area contributed by atoms with Gasteiger partial charge in [-0.05, 0) is 24.3 Å². The maximum Gasteiger partial charge on any atom is 0.366 e. The van der Waals surface area contributed by atoms with Crippen LogP contribution in [0.5, 0.6) is 0 Å². The molecule has 1 heterocycles. The number of anilines is 1. The molecule has 1 saturated heterocycles. The molecule has 1 aliphatic rings. The fraction of sp³-hybridized carbons (Fsp3) is 0.467. The number of ether oxygens (including phenoxy) is 1. The van der Waals surface area contributed by atoms with Gasteiger partial charge in [0.25, 0.3) is 5.91 Å². The van der Waals surface area contributed by atoms with Crippen molar-refractivity contribution in [2.45, 2.75) is 6.04 Å². The van der Waals surface area contributed by atoms with E-state index in [9.17, 15) is 9.59 Å². The number of benzene rings is 1. The Balaban J connectivity index is 2.06. The van der Waals surface area contributed by atoms with Crippen LogP contribution in [0.3, 0.4) is 0 Å². The highest BCUT2D eigenvalue weighted by Crippen LogP contribution is 2.14. The van der Waals surface area contributed by atoms with Gasteiger partial charge in [0.2, 0.25) is 6.04 Å². The van der Waals surface area contributed by atoms with Gasteiger partial charge in [-0.25, -0.2) is 4.79 Å². The third-order valence-electron chi connectivity index (χ3n) is 3.69. The molecule has 1 aromatic rings. The number of piperazine rings is 1. The monoisotopic (exact) mass is 292 g/mol. The molecule has 0 aliphatic carbocycles. The minimum atomic E-state index is -0.325. The Morgan fingerprint density at radius 2 is 1.95 bits per heavy atom. The molecular formula is C15H22N3O3+. The first-order valence-electron chi connectivity index (χ1n) is 7.00. The van der Waals surface area contributed by atoms with Crippen molar-refractivity contribution in [3.05, 3.63) is 29.8 Å². The van der Waals surface area contributed by atoms with E-state index in [1.54, 1.807) is 4.90 Å². The molecule has 6 nitrogen and oxygen atoms in total. The lowest BCUT2D eigenvalue weighted by atomic mass is 10.1. The molecule has 0 spiro atoms. The molecule has 6 heteroatoms. The van der Waals surface area contributed by atoms with E-state index in [1.807, 2.05) is 48.6 Å². The van der Waals surface area contributed by atoms with Crippen molar-refractivity contribution in [2.75, 3.05) is 45.7 Å². The summed E-state index contributed by atoms with van der Waals surface area (Å²) >= 11 is 0. The molecule has 1 atom stereocenters. The van der Waals surface area contributed by atoms with Crippen LogP contribution in [0.25, 0.3) is 0 Å². The predicted octanol–water partition coefficient (Wildman–Crippen LogP) is -0.687. The third-order valence-corrected chi connectivity index (χ3v) is 3.69. The van der Waals surface area contributed by atoms with Crippen molar-refractivity contribution >= 4 is 17.6 Å². The zero-order valence-electron chi connectivity index (χ0n) is 12.7. The number of hydrogen-bond acceptors (Lipinski definition) is 4. The Bertz CT molecular complexity index is 513. The number of hydrogen-bond donors (Lipinski definition) is 1. The minimum Gasteiger partial charge on any atom is -0.465 e. The van der Waals surface area contributed by atoms with Gasteiger partial charge in [-0.2, -0.15) is 0 Å². The molecule has 2 N–H and O–H groups in total. The molecule has 1 amide bonds. The van der Waals surface area contributed by atoms with Gasteiger partial charge < -0.3 is 19.9 Å². The maximum atomic E-state index is 12.5. The summed E-state index contributed by atoms with van der Waals surface area (Å²) in [6.07, 6.45) is 0. The number of amides is 1. The van der Waals surface area contributed by atoms with Crippen LogP contribution in [0.15, 0.2) is 24.3 Å².